The van der Waals surface area contributed by atoms with Gasteiger partial charge in [-0.1, -0.05) is 30.3 Å². The Morgan fingerprint density at radius 3 is 2.54 bits per heavy atom. The second-order valence-electron chi connectivity index (χ2n) is 6.59. The summed E-state index contributed by atoms with van der Waals surface area (Å²) in [6, 6.07) is 11.5. The van der Waals surface area contributed by atoms with E-state index in [2.05, 4.69) is 17.0 Å². The number of rotatable bonds is 6. The van der Waals surface area contributed by atoms with E-state index in [-0.39, 0.29) is 11.7 Å². The molecule has 0 atom stereocenters. The van der Waals surface area contributed by atoms with E-state index in [1.165, 1.54) is 11.6 Å². The summed E-state index contributed by atoms with van der Waals surface area (Å²) >= 11 is 0. The van der Waals surface area contributed by atoms with E-state index in [1.807, 2.05) is 23.1 Å². The molecule has 1 saturated heterocycles. The number of carbonyl (C=O) groups is 1. The minimum absolute atomic E-state index is 0.205. The van der Waals surface area contributed by atoms with Crippen molar-refractivity contribution in [1.82, 2.24) is 9.80 Å². The number of benzene rings is 1. The molecule has 0 unspecified atom stereocenters. The zero-order valence-corrected chi connectivity index (χ0v) is 14.8. The summed E-state index contributed by atoms with van der Waals surface area (Å²) in [5.74, 6) is 0.354. The standard InChI is InChI=1S/C20H24N2O4/c23-18-13-17(26-15-19(18)24)14-21-9-11-22(12-10-21)20(25)8-4-7-16-5-2-1-3-6-16/h1-3,5-6,13,15,24H,4,7-12,14H2. The van der Waals surface area contributed by atoms with Crippen LogP contribution in [0.25, 0.3) is 0 Å². The van der Waals surface area contributed by atoms with Crippen molar-refractivity contribution < 1.29 is 14.3 Å². The summed E-state index contributed by atoms with van der Waals surface area (Å²) in [5, 5.41) is 9.22. The van der Waals surface area contributed by atoms with Crippen LogP contribution in [0.15, 0.2) is 51.9 Å². The van der Waals surface area contributed by atoms with Gasteiger partial charge in [0.2, 0.25) is 11.3 Å². The number of hydrogen-bond acceptors (Lipinski definition) is 5. The molecular formula is C20H24N2O4. The van der Waals surface area contributed by atoms with Crippen molar-refractivity contribution in [3.05, 3.63) is 64.2 Å². The first-order chi connectivity index (χ1) is 12.6. The molecule has 0 aliphatic carbocycles. The van der Waals surface area contributed by atoms with Gasteiger partial charge in [-0.3, -0.25) is 14.5 Å². The van der Waals surface area contributed by atoms with Gasteiger partial charge in [0.15, 0.2) is 5.75 Å². The first-order valence-corrected chi connectivity index (χ1v) is 8.96. The fourth-order valence-corrected chi connectivity index (χ4v) is 3.15. The quantitative estimate of drug-likeness (QED) is 0.857. The van der Waals surface area contributed by atoms with Gasteiger partial charge in [0.25, 0.3) is 0 Å². The third-order valence-corrected chi connectivity index (χ3v) is 4.67. The summed E-state index contributed by atoms with van der Waals surface area (Å²) < 4.78 is 5.24. The number of aryl methyl sites for hydroxylation is 1. The van der Waals surface area contributed by atoms with E-state index in [4.69, 9.17) is 4.42 Å². The first-order valence-electron chi connectivity index (χ1n) is 8.96. The lowest BCUT2D eigenvalue weighted by atomic mass is 10.1. The lowest BCUT2D eigenvalue weighted by molar-refractivity contribution is -0.133. The van der Waals surface area contributed by atoms with Crippen LogP contribution >= 0.6 is 0 Å². The maximum Gasteiger partial charge on any atom is 0.226 e. The number of carbonyl (C=O) groups excluding carboxylic acids is 1. The van der Waals surface area contributed by atoms with E-state index in [1.54, 1.807) is 0 Å². The molecule has 6 heteroatoms. The van der Waals surface area contributed by atoms with Crippen LogP contribution in [0.1, 0.15) is 24.2 Å². The largest absolute Gasteiger partial charge is 0.502 e. The van der Waals surface area contributed by atoms with Crippen LogP contribution in [0.2, 0.25) is 0 Å². The van der Waals surface area contributed by atoms with Gasteiger partial charge in [0, 0.05) is 38.7 Å². The molecule has 26 heavy (non-hydrogen) atoms. The van der Waals surface area contributed by atoms with Crippen LogP contribution in [0.4, 0.5) is 0 Å². The third kappa shape index (κ3) is 4.95. The summed E-state index contributed by atoms with van der Waals surface area (Å²) in [6.07, 6.45) is 3.43. The van der Waals surface area contributed by atoms with Gasteiger partial charge < -0.3 is 14.4 Å². The molecule has 3 rings (SSSR count). The zero-order valence-electron chi connectivity index (χ0n) is 14.8. The molecule has 1 aliphatic heterocycles. The van der Waals surface area contributed by atoms with Crippen molar-refractivity contribution in [2.24, 2.45) is 0 Å². The number of amides is 1. The minimum Gasteiger partial charge on any atom is -0.502 e. The molecule has 138 valence electrons. The van der Waals surface area contributed by atoms with Gasteiger partial charge in [-0.25, -0.2) is 0 Å². The Morgan fingerprint density at radius 1 is 1.12 bits per heavy atom. The van der Waals surface area contributed by atoms with E-state index in [9.17, 15) is 14.7 Å². The Labute approximate surface area is 152 Å². The van der Waals surface area contributed by atoms with Gasteiger partial charge in [-0.2, -0.15) is 0 Å². The molecule has 1 N–H and O–H groups in total. The predicted octanol–water partition coefficient (Wildman–Crippen LogP) is 2.01. The molecule has 1 aromatic heterocycles. The van der Waals surface area contributed by atoms with E-state index in [0.717, 1.165) is 32.2 Å². The van der Waals surface area contributed by atoms with Crippen LogP contribution in [-0.4, -0.2) is 47.0 Å². The average Bonchev–Trinajstić information content (AvgIpc) is 2.66. The highest BCUT2D eigenvalue weighted by Gasteiger charge is 2.21. The number of hydrogen-bond donors (Lipinski definition) is 1. The number of aromatic hydroxyl groups is 1. The second-order valence-corrected chi connectivity index (χ2v) is 6.59. The highest BCUT2D eigenvalue weighted by atomic mass is 16.4. The Kier molecular flexibility index (Phi) is 6.07. The fourth-order valence-electron chi connectivity index (χ4n) is 3.15. The minimum atomic E-state index is -0.432. The van der Waals surface area contributed by atoms with Crippen LogP contribution in [0.3, 0.4) is 0 Å². The van der Waals surface area contributed by atoms with Crippen LogP contribution in [0, 0.1) is 0 Å². The van der Waals surface area contributed by atoms with Gasteiger partial charge in [0.1, 0.15) is 12.0 Å². The third-order valence-electron chi connectivity index (χ3n) is 4.67. The second kappa shape index (κ2) is 8.67. The van der Waals surface area contributed by atoms with Crippen molar-refractivity contribution in [3.63, 3.8) is 0 Å². The van der Waals surface area contributed by atoms with Crippen molar-refractivity contribution in [1.29, 1.82) is 0 Å². The summed E-state index contributed by atoms with van der Waals surface area (Å²) in [4.78, 5) is 27.9. The van der Waals surface area contributed by atoms with Crippen molar-refractivity contribution >= 4 is 5.91 Å². The maximum atomic E-state index is 12.4. The molecule has 2 aromatic rings. The van der Waals surface area contributed by atoms with Crippen LogP contribution in [0.5, 0.6) is 5.75 Å². The van der Waals surface area contributed by atoms with Crippen LogP contribution < -0.4 is 5.43 Å². The first kappa shape index (κ1) is 18.2. The molecule has 1 aromatic carbocycles. The normalized spacial score (nSPS) is 15.2. The van der Waals surface area contributed by atoms with E-state index < -0.39 is 5.43 Å². The van der Waals surface area contributed by atoms with Gasteiger partial charge >= 0.3 is 0 Å². The predicted molar refractivity (Wildman–Crippen MR) is 97.9 cm³/mol. The van der Waals surface area contributed by atoms with Crippen molar-refractivity contribution in [2.75, 3.05) is 26.2 Å². The summed E-state index contributed by atoms with van der Waals surface area (Å²) in [5.41, 5.74) is 0.832. The van der Waals surface area contributed by atoms with Crippen molar-refractivity contribution in [2.45, 2.75) is 25.8 Å². The van der Waals surface area contributed by atoms with Gasteiger partial charge in [-0.05, 0) is 18.4 Å². The zero-order chi connectivity index (χ0) is 18.4. The van der Waals surface area contributed by atoms with Crippen molar-refractivity contribution in [3.8, 4) is 5.75 Å². The molecule has 0 radical (unpaired) electrons. The molecular weight excluding hydrogens is 332 g/mol. The highest BCUT2D eigenvalue weighted by molar-refractivity contribution is 5.76. The molecule has 1 amide bonds. The van der Waals surface area contributed by atoms with Gasteiger partial charge in [0.05, 0.1) is 6.54 Å². The summed E-state index contributed by atoms with van der Waals surface area (Å²) in [6.45, 7) is 3.37. The van der Waals surface area contributed by atoms with E-state index >= 15 is 0 Å². The Bertz CT molecular complexity index is 780. The Balaban J connectivity index is 1.40. The van der Waals surface area contributed by atoms with Crippen LogP contribution in [-0.2, 0) is 17.8 Å². The smallest absolute Gasteiger partial charge is 0.226 e. The number of piperazine rings is 1. The monoisotopic (exact) mass is 356 g/mol. The van der Waals surface area contributed by atoms with E-state index in [0.29, 0.717) is 31.8 Å². The molecule has 0 spiro atoms. The SMILES string of the molecule is O=C(CCCc1ccccc1)N1CCN(Cc2cc(=O)c(O)co2)CC1. The molecule has 1 aliphatic rings. The fraction of sp³-hybridized carbons (Fsp3) is 0.400. The average molecular weight is 356 g/mol. The lowest BCUT2D eigenvalue weighted by Crippen LogP contribution is -2.48. The molecule has 0 saturated carbocycles. The molecule has 2 heterocycles. The highest BCUT2D eigenvalue weighted by Crippen LogP contribution is 2.12. The topological polar surface area (TPSA) is 74.0 Å². The summed E-state index contributed by atoms with van der Waals surface area (Å²) in [7, 11) is 0. The number of nitrogens with zero attached hydrogens (tertiary/aromatic N) is 2. The lowest BCUT2D eigenvalue weighted by Gasteiger charge is -2.34. The van der Waals surface area contributed by atoms with Gasteiger partial charge in [-0.15, -0.1) is 0 Å². The molecule has 1 fully saturated rings. The maximum absolute atomic E-state index is 12.4. The molecule has 0 bridgehead atoms. The Hall–Kier alpha value is -2.60. The Morgan fingerprint density at radius 2 is 1.85 bits per heavy atom. The molecule has 6 nitrogen and oxygen atoms in total.